The van der Waals surface area contributed by atoms with Crippen LogP contribution in [0, 0.1) is 0 Å². The Kier molecular flexibility index (Phi) is 2.21. The molecule has 0 aliphatic heterocycles. The fourth-order valence-corrected chi connectivity index (χ4v) is 1.20. The van der Waals surface area contributed by atoms with Crippen LogP contribution in [0.5, 0.6) is 0 Å². The van der Waals surface area contributed by atoms with Crippen LogP contribution >= 0.6 is 23.2 Å². The summed E-state index contributed by atoms with van der Waals surface area (Å²) in [5, 5.41) is 0.215. The molecule has 1 aliphatic carbocycles. The fraction of sp³-hybridized carbons (Fsp3) is 0.667. The third-order valence-corrected chi connectivity index (χ3v) is 2.34. The van der Waals surface area contributed by atoms with Crippen LogP contribution in [0.15, 0.2) is 12.2 Å². The Morgan fingerprint density at radius 3 is 2.50 bits per heavy atom. The lowest BCUT2D eigenvalue weighted by molar-refractivity contribution is 0.745. The molecule has 1 rings (SSSR count). The molecule has 0 nitrogen and oxygen atoms in total. The van der Waals surface area contributed by atoms with Gasteiger partial charge in [0.2, 0.25) is 0 Å². The van der Waals surface area contributed by atoms with Crippen LogP contribution in [0.3, 0.4) is 0 Å². The van der Waals surface area contributed by atoms with Gasteiger partial charge >= 0.3 is 0 Å². The lowest BCUT2D eigenvalue weighted by atomic mass is 10.1. The summed E-state index contributed by atoms with van der Waals surface area (Å²) in [4.78, 5) is 0. The van der Waals surface area contributed by atoms with Gasteiger partial charge in [-0.1, -0.05) is 12.2 Å². The van der Waals surface area contributed by atoms with Crippen molar-refractivity contribution in [1.82, 2.24) is 0 Å². The van der Waals surface area contributed by atoms with E-state index in [1.165, 1.54) is 0 Å². The molecule has 0 saturated carbocycles. The number of allylic oxidation sites excluding steroid dienone is 2. The van der Waals surface area contributed by atoms with Crippen molar-refractivity contribution in [2.24, 2.45) is 0 Å². The zero-order chi connectivity index (χ0) is 5.98. The average Bonchev–Trinajstić information content (AvgIpc) is 1.77. The molecule has 0 fully saturated rings. The number of hydrogen-bond donors (Lipinski definition) is 0. The van der Waals surface area contributed by atoms with Gasteiger partial charge in [0.15, 0.2) is 0 Å². The van der Waals surface area contributed by atoms with Crippen LogP contribution in [-0.4, -0.2) is 10.8 Å². The molecule has 0 aromatic rings. The molecule has 0 N–H and O–H groups in total. The standard InChI is InChI=1S/C6H8Cl2/c7-5-3-1-2-4-6(5)8/h1,3,5-6H,2,4H2/t5-,6+/m1/s1. The maximum absolute atomic E-state index is 5.78. The second-order valence-corrected chi connectivity index (χ2v) is 3.03. The SMILES string of the molecule is Cl[C@@H]1C=CCC[C@@H]1Cl. The van der Waals surface area contributed by atoms with Gasteiger partial charge in [0.05, 0.1) is 10.8 Å². The molecular formula is C6H8Cl2. The highest BCUT2D eigenvalue weighted by molar-refractivity contribution is 6.30. The smallest absolute Gasteiger partial charge is 0.0679 e. The summed E-state index contributed by atoms with van der Waals surface area (Å²) in [7, 11) is 0. The first-order chi connectivity index (χ1) is 3.80. The highest BCUT2D eigenvalue weighted by Gasteiger charge is 2.15. The van der Waals surface area contributed by atoms with Crippen LogP contribution < -0.4 is 0 Å². The minimum absolute atomic E-state index is 0.0606. The summed E-state index contributed by atoms with van der Waals surface area (Å²) in [6.45, 7) is 0. The quantitative estimate of drug-likeness (QED) is 0.368. The van der Waals surface area contributed by atoms with Gasteiger partial charge in [-0.25, -0.2) is 0 Å². The van der Waals surface area contributed by atoms with E-state index in [0.29, 0.717) is 0 Å². The Balaban J connectivity index is 2.47. The molecule has 0 saturated heterocycles. The molecule has 8 heavy (non-hydrogen) atoms. The van der Waals surface area contributed by atoms with E-state index in [4.69, 9.17) is 23.2 Å². The van der Waals surface area contributed by atoms with Gasteiger partial charge in [-0.2, -0.15) is 0 Å². The van der Waals surface area contributed by atoms with Gasteiger partial charge < -0.3 is 0 Å². The molecule has 0 unspecified atom stereocenters. The Labute approximate surface area is 59.5 Å². The minimum atomic E-state index is 0.0606. The van der Waals surface area contributed by atoms with E-state index < -0.39 is 0 Å². The van der Waals surface area contributed by atoms with E-state index in [-0.39, 0.29) is 10.8 Å². The maximum atomic E-state index is 5.78. The lowest BCUT2D eigenvalue weighted by Crippen LogP contribution is -2.14. The van der Waals surface area contributed by atoms with E-state index in [2.05, 4.69) is 6.08 Å². The van der Waals surface area contributed by atoms with Gasteiger partial charge in [0.1, 0.15) is 0 Å². The van der Waals surface area contributed by atoms with Crippen LogP contribution in [0.2, 0.25) is 0 Å². The molecular weight excluding hydrogens is 143 g/mol. The molecule has 0 heterocycles. The van der Waals surface area contributed by atoms with E-state index in [1.807, 2.05) is 6.08 Å². The van der Waals surface area contributed by atoms with Crippen molar-refractivity contribution in [2.75, 3.05) is 0 Å². The topological polar surface area (TPSA) is 0 Å². The van der Waals surface area contributed by atoms with Crippen LogP contribution in [-0.2, 0) is 0 Å². The summed E-state index contributed by atoms with van der Waals surface area (Å²) in [6, 6.07) is 0. The van der Waals surface area contributed by atoms with Gasteiger partial charge in [0, 0.05) is 0 Å². The maximum Gasteiger partial charge on any atom is 0.0679 e. The van der Waals surface area contributed by atoms with Crippen molar-refractivity contribution in [3.63, 3.8) is 0 Å². The van der Waals surface area contributed by atoms with Crippen LogP contribution in [0.4, 0.5) is 0 Å². The Morgan fingerprint density at radius 1 is 1.38 bits per heavy atom. The molecule has 2 heteroatoms. The number of alkyl halides is 2. The first-order valence-electron chi connectivity index (χ1n) is 2.75. The van der Waals surface area contributed by atoms with E-state index >= 15 is 0 Å². The molecule has 46 valence electrons. The third-order valence-electron chi connectivity index (χ3n) is 1.27. The van der Waals surface area contributed by atoms with E-state index in [0.717, 1.165) is 12.8 Å². The lowest BCUT2D eigenvalue weighted by Gasteiger charge is -2.14. The molecule has 0 radical (unpaired) electrons. The minimum Gasteiger partial charge on any atom is -0.121 e. The average molecular weight is 151 g/mol. The van der Waals surface area contributed by atoms with E-state index in [1.54, 1.807) is 0 Å². The summed E-state index contributed by atoms with van der Waals surface area (Å²) >= 11 is 11.5. The predicted octanol–water partition coefficient (Wildman–Crippen LogP) is 2.55. The van der Waals surface area contributed by atoms with Crippen LogP contribution in [0.25, 0.3) is 0 Å². The van der Waals surface area contributed by atoms with Gasteiger partial charge in [-0.3, -0.25) is 0 Å². The van der Waals surface area contributed by atoms with Crippen molar-refractivity contribution in [1.29, 1.82) is 0 Å². The first kappa shape index (κ1) is 6.44. The Bertz CT molecular complexity index is 98.7. The van der Waals surface area contributed by atoms with Gasteiger partial charge in [0.25, 0.3) is 0 Å². The molecule has 1 aliphatic rings. The molecule has 0 bridgehead atoms. The number of hydrogen-bond acceptors (Lipinski definition) is 0. The summed E-state index contributed by atoms with van der Waals surface area (Å²) < 4.78 is 0. The predicted molar refractivity (Wildman–Crippen MR) is 37.7 cm³/mol. The summed E-state index contributed by atoms with van der Waals surface area (Å²) in [6.07, 6.45) is 6.14. The largest absolute Gasteiger partial charge is 0.121 e. The van der Waals surface area contributed by atoms with E-state index in [9.17, 15) is 0 Å². The van der Waals surface area contributed by atoms with Gasteiger partial charge in [-0.05, 0) is 12.8 Å². The van der Waals surface area contributed by atoms with Crippen molar-refractivity contribution < 1.29 is 0 Å². The zero-order valence-electron chi connectivity index (χ0n) is 4.48. The van der Waals surface area contributed by atoms with Crippen molar-refractivity contribution in [3.05, 3.63) is 12.2 Å². The fourth-order valence-electron chi connectivity index (χ4n) is 0.761. The Hall–Kier alpha value is 0.320. The third kappa shape index (κ3) is 1.40. The number of rotatable bonds is 0. The second kappa shape index (κ2) is 2.75. The van der Waals surface area contributed by atoms with Crippen molar-refractivity contribution >= 4 is 23.2 Å². The summed E-state index contributed by atoms with van der Waals surface area (Å²) in [5.74, 6) is 0. The molecule has 0 aromatic heterocycles. The zero-order valence-corrected chi connectivity index (χ0v) is 5.99. The van der Waals surface area contributed by atoms with Gasteiger partial charge in [-0.15, -0.1) is 23.2 Å². The molecule has 0 amide bonds. The highest BCUT2D eigenvalue weighted by atomic mass is 35.5. The van der Waals surface area contributed by atoms with Crippen molar-refractivity contribution in [3.8, 4) is 0 Å². The normalized spacial score (nSPS) is 37.8. The van der Waals surface area contributed by atoms with Crippen LogP contribution in [0.1, 0.15) is 12.8 Å². The van der Waals surface area contributed by atoms with Crippen molar-refractivity contribution in [2.45, 2.75) is 23.6 Å². The molecule has 0 spiro atoms. The Morgan fingerprint density at radius 2 is 2.12 bits per heavy atom. The monoisotopic (exact) mass is 150 g/mol. The molecule has 2 atom stereocenters. The molecule has 0 aromatic carbocycles. The highest BCUT2D eigenvalue weighted by Crippen LogP contribution is 2.21. The second-order valence-electron chi connectivity index (χ2n) is 1.97. The summed E-state index contributed by atoms with van der Waals surface area (Å²) in [5.41, 5.74) is 0. The first-order valence-corrected chi connectivity index (χ1v) is 3.63. The number of halogens is 2.